The Labute approximate surface area is 158 Å². The molecule has 4 rings (SSSR count). The van der Waals surface area contributed by atoms with Crippen LogP contribution in [0, 0.1) is 0 Å². The molecule has 1 amide bonds. The van der Waals surface area contributed by atoms with E-state index in [1.54, 1.807) is 0 Å². The first-order chi connectivity index (χ1) is 13.2. The van der Waals surface area contributed by atoms with Gasteiger partial charge in [-0.25, -0.2) is 0 Å². The molecule has 0 unspecified atom stereocenters. The van der Waals surface area contributed by atoms with Crippen LogP contribution in [0.25, 0.3) is 0 Å². The predicted molar refractivity (Wildman–Crippen MR) is 106 cm³/mol. The van der Waals surface area contributed by atoms with Crippen LogP contribution in [-0.2, 0) is 4.79 Å². The molecule has 1 fully saturated rings. The second-order valence-corrected chi connectivity index (χ2v) is 6.81. The van der Waals surface area contributed by atoms with Crippen molar-refractivity contribution in [2.24, 2.45) is 0 Å². The number of carbonyl (C=O) groups excluding carboxylic acids is 1. The van der Waals surface area contributed by atoms with E-state index >= 15 is 0 Å². The number of ether oxygens (including phenoxy) is 2. The molecule has 0 bridgehead atoms. The van der Waals surface area contributed by atoms with Crippen molar-refractivity contribution >= 4 is 23.0 Å². The van der Waals surface area contributed by atoms with Gasteiger partial charge < -0.3 is 29.9 Å². The Hall–Kier alpha value is -2.93. The van der Waals surface area contributed by atoms with Gasteiger partial charge >= 0.3 is 0 Å². The van der Waals surface area contributed by atoms with Crippen LogP contribution in [0.4, 0.5) is 17.1 Å². The number of benzene rings is 2. The molecule has 0 aliphatic carbocycles. The summed E-state index contributed by atoms with van der Waals surface area (Å²) in [5, 5.41) is 6.02. The number of piperazine rings is 1. The molecule has 1 saturated heterocycles. The van der Waals surface area contributed by atoms with Crippen LogP contribution in [0.1, 0.15) is 0 Å². The summed E-state index contributed by atoms with van der Waals surface area (Å²) < 4.78 is 10.6. The number of rotatable bonds is 5. The first-order valence-electron chi connectivity index (χ1n) is 9.14. The van der Waals surface area contributed by atoms with E-state index in [2.05, 4.69) is 39.6 Å². The minimum atomic E-state index is -0.0972. The minimum absolute atomic E-state index is 0.0972. The molecule has 0 spiro atoms. The smallest absolute Gasteiger partial charge is 0.243 e. The molecule has 2 aromatic carbocycles. The monoisotopic (exact) mass is 368 g/mol. The maximum atomic E-state index is 12.2. The molecular weight excluding hydrogens is 344 g/mol. The summed E-state index contributed by atoms with van der Waals surface area (Å²) in [5.41, 5.74) is 2.81. The highest BCUT2D eigenvalue weighted by atomic mass is 16.7. The third kappa shape index (κ3) is 4.25. The normalized spacial score (nSPS) is 16.3. The minimum Gasteiger partial charge on any atom is -0.454 e. The second-order valence-electron chi connectivity index (χ2n) is 6.81. The Bertz CT molecular complexity index is 801. The second kappa shape index (κ2) is 7.75. The molecule has 0 saturated carbocycles. The largest absolute Gasteiger partial charge is 0.454 e. The fourth-order valence-corrected chi connectivity index (χ4v) is 3.21. The van der Waals surface area contributed by atoms with Gasteiger partial charge in [-0.3, -0.25) is 4.79 Å². The summed E-state index contributed by atoms with van der Waals surface area (Å²) >= 11 is 0. The molecule has 142 valence electrons. The van der Waals surface area contributed by atoms with Crippen LogP contribution < -0.4 is 25.0 Å². The van der Waals surface area contributed by atoms with E-state index in [9.17, 15) is 4.79 Å². The van der Waals surface area contributed by atoms with Crippen molar-refractivity contribution in [3.8, 4) is 11.5 Å². The van der Waals surface area contributed by atoms with Crippen molar-refractivity contribution in [2.75, 3.05) is 62.1 Å². The average molecular weight is 368 g/mol. The van der Waals surface area contributed by atoms with Crippen molar-refractivity contribution in [2.45, 2.75) is 0 Å². The van der Waals surface area contributed by atoms with Crippen molar-refractivity contribution < 1.29 is 14.3 Å². The standard InChI is InChI=1S/C20H24N4O3/c1-23-8-10-24(11-9-23)17-5-2-15(3-6-17)22-20(25)13-21-16-4-7-18-19(12-16)27-14-26-18/h2-7,12,21H,8-11,13-14H2,1H3,(H,22,25). The first-order valence-corrected chi connectivity index (χ1v) is 9.14. The van der Waals surface area contributed by atoms with Crippen LogP contribution >= 0.6 is 0 Å². The van der Waals surface area contributed by atoms with Gasteiger partial charge in [0.1, 0.15) is 0 Å². The Morgan fingerprint density at radius 2 is 1.67 bits per heavy atom. The van der Waals surface area contributed by atoms with Crippen molar-refractivity contribution in [3.63, 3.8) is 0 Å². The average Bonchev–Trinajstić information content (AvgIpc) is 3.15. The van der Waals surface area contributed by atoms with Crippen LogP contribution in [0.5, 0.6) is 11.5 Å². The van der Waals surface area contributed by atoms with Crippen LogP contribution in [-0.4, -0.2) is 57.4 Å². The third-order valence-corrected chi connectivity index (χ3v) is 4.85. The molecule has 2 heterocycles. The lowest BCUT2D eigenvalue weighted by Crippen LogP contribution is -2.44. The number of likely N-dealkylation sites (N-methyl/N-ethyl adjacent to an activating group) is 1. The number of nitrogens with zero attached hydrogens (tertiary/aromatic N) is 2. The fourth-order valence-electron chi connectivity index (χ4n) is 3.21. The highest BCUT2D eigenvalue weighted by molar-refractivity contribution is 5.94. The summed E-state index contributed by atoms with van der Waals surface area (Å²) in [6, 6.07) is 13.6. The Kier molecular flexibility index (Phi) is 5.02. The molecule has 2 aliphatic heterocycles. The van der Waals surface area contributed by atoms with E-state index in [1.165, 1.54) is 5.69 Å². The zero-order chi connectivity index (χ0) is 18.6. The summed E-state index contributed by atoms with van der Waals surface area (Å²) in [7, 11) is 2.15. The van der Waals surface area contributed by atoms with Gasteiger partial charge in [-0.2, -0.15) is 0 Å². The zero-order valence-corrected chi connectivity index (χ0v) is 15.4. The van der Waals surface area contributed by atoms with E-state index in [0.29, 0.717) is 5.75 Å². The zero-order valence-electron chi connectivity index (χ0n) is 15.4. The van der Waals surface area contributed by atoms with E-state index < -0.39 is 0 Å². The van der Waals surface area contributed by atoms with Gasteiger partial charge in [0.05, 0.1) is 6.54 Å². The van der Waals surface area contributed by atoms with E-state index in [-0.39, 0.29) is 19.2 Å². The van der Waals surface area contributed by atoms with Crippen LogP contribution in [0.2, 0.25) is 0 Å². The van der Waals surface area contributed by atoms with Crippen molar-refractivity contribution in [1.82, 2.24) is 4.90 Å². The molecule has 2 N–H and O–H groups in total. The van der Waals surface area contributed by atoms with Gasteiger partial charge in [0, 0.05) is 49.3 Å². The molecule has 27 heavy (non-hydrogen) atoms. The maximum absolute atomic E-state index is 12.2. The number of hydrogen-bond acceptors (Lipinski definition) is 6. The quantitative estimate of drug-likeness (QED) is 0.844. The Morgan fingerprint density at radius 1 is 0.963 bits per heavy atom. The fraction of sp³-hybridized carbons (Fsp3) is 0.350. The van der Waals surface area contributed by atoms with Gasteiger partial charge in [-0.1, -0.05) is 0 Å². The van der Waals surface area contributed by atoms with Gasteiger partial charge in [0.25, 0.3) is 0 Å². The van der Waals surface area contributed by atoms with Gasteiger partial charge in [0.2, 0.25) is 12.7 Å². The van der Waals surface area contributed by atoms with Crippen LogP contribution in [0.15, 0.2) is 42.5 Å². The Balaban J connectivity index is 1.28. The summed E-state index contributed by atoms with van der Waals surface area (Å²) in [4.78, 5) is 16.9. The predicted octanol–water partition coefficient (Wildman–Crippen LogP) is 2.22. The van der Waals surface area contributed by atoms with Crippen molar-refractivity contribution in [1.29, 1.82) is 0 Å². The van der Waals surface area contributed by atoms with Gasteiger partial charge in [0.15, 0.2) is 11.5 Å². The lowest BCUT2D eigenvalue weighted by Gasteiger charge is -2.34. The number of amides is 1. The molecule has 0 atom stereocenters. The number of nitrogens with one attached hydrogen (secondary N) is 2. The van der Waals surface area contributed by atoms with Gasteiger partial charge in [-0.05, 0) is 43.4 Å². The van der Waals surface area contributed by atoms with E-state index in [0.717, 1.165) is 43.3 Å². The molecule has 0 aromatic heterocycles. The van der Waals surface area contributed by atoms with Crippen molar-refractivity contribution in [3.05, 3.63) is 42.5 Å². The lowest BCUT2D eigenvalue weighted by molar-refractivity contribution is -0.114. The number of carbonyl (C=O) groups is 1. The molecular formula is C20H24N4O3. The van der Waals surface area contributed by atoms with E-state index in [1.807, 2.05) is 30.3 Å². The third-order valence-electron chi connectivity index (χ3n) is 4.85. The number of fused-ring (bicyclic) bond motifs is 1. The Morgan fingerprint density at radius 3 is 2.44 bits per heavy atom. The highest BCUT2D eigenvalue weighted by Gasteiger charge is 2.15. The summed E-state index contributed by atoms with van der Waals surface area (Å²) in [6.45, 7) is 4.63. The highest BCUT2D eigenvalue weighted by Crippen LogP contribution is 2.34. The maximum Gasteiger partial charge on any atom is 0.243 e. The molecule has 7 nitrogen and oxygen atoms in total. The van der Waals surface area contributed by atoms with E-state index in [4.69, 9.17) is 9.47 Å². The topological polar surface area (TPSA) is 66.1 Å². The summed E-state index contributed by atoms with van der Waals surface area (Å²) in [5.74, 6) is 1.32. The molecule has 2 aliphatic rings. The number of anilines is 3. The first kappa shape index (κ1) is 17.5. The molecule has 0 radical (unpaired) electrons. The lowest BCUT2D eigenvalue weighted by atomic mass is 10.2. The summed E-state index contributed by atoms with van der Waals surface area (Å²) in [6.07, 6.45) is 0. The van der Waals surface area contributed by atoms with Gasteiger partial charge in [-0.15, -0.1) is 0 Å². The SMILES string of the molecule is CN1CCN(c2ccc(NC(=O)CNc3ccc4c(c3)OCO4)cc2)CC1. The molecule has 2 aromatic rings. The number of hydrogen-bond donors (Lipinski definition) is 2. The van der Waals surface area contributed by atoms with Crippen LogP contribution in [0.3, 0.4) is 0 Å². The molecule has 7 heteroatoms.